The van der Waals surface area contributed by atoms with E-state index >= 15 is 0 Å². The average molecular weight is 246 g/mol. The molecule has 17 heavy (non-hydrogen) atoms. The average Bonchev–Trinajstić information content (AvgIpc) is 2.94. The van der Waals surface area contributed by atoms with Gasteiger partial charge in [0.2, 0.25) is 0 Å². The third-order valence-corrected chi connectivity index (χ3v) is 4.25. The maximum absolute atomic E-state index is 9.03. The van der Waals surface area contributed by atoms with Gasteiger partial charge in [-0.3, -0.25) is 0 Å². The Bertz CT molecular complexity index is 486. The lowest BCUT2D eigenvalue weighted by Crippen LogP contribution is -2.10. The molecule has 1 saturated carbocycles. The zero-order valence-corrected chi connectivity index (χ0v) is 10.3. The number of nitrogens with two attached hydrogens (primary N) is 1. The van der Waals surface area contributed by atoms with E-state index in [1.807, 2.05) is 6.07 Å². The number of hydrogen-bond donors (Lipinski definition) is 2. The predicted octanol–water partition coefficient (Wildman–Crippen LogP) is 2.68. The number of nitriles is 2. The molecule has 1 aliphatic rings. The van der Waals surface area contributed by atoms with E-state index in [4.69, 9.17) is 16.3 Å². The molecule has 0 unspecified atom stereocenters. The standard InChI is InChI=1S/C12H14N4S/c13-5-9-11(15)10(6-14)17-12(9)16-7-8-3-1-2-4-8/h8,16H,1-4,7,15H2. The van der Waals surface area contributed by atoms with Crippen molar-refractivity contribution in [2.24, 2.45) is 5.92 Å². The van der Waals surface area contributed by atoms with Crippen LogP contribution in [0.25, 0.3) is 0 Å². The van der Waals surface area contributed by atoms with Crippen molar-refractivity contribution in [2.75, 3.05) is 17.6 Å². The van der Waals surface area contributed by atoms with Crippen LogP contribution in [-0.4, -0.2) is 6.54 Å². The van der Waals surface area contributed by atoms with E-state index in [-0.39, 0.29) is 0 Å². The highest BCUT2D eigenvalue weighted by Crippen LogP contribution is 2.35. The van der Waals surface area contributed by atoms with Crippen LogP contribution in [0.3, 0.4) is 0 Å². The summed E-state index contributed by atoms with van der Waals surface area (Å²) < 4.78 is 0. The number of rotatable bonds is 3. The molecule has 1 aromatic heterocycles. The number of nitrogens with one attached hydrogen (secondary N) is 1. The number of hydrogen-bond acceptors (Lipinski definition) is 5. The van der Waals surface area contributed by atoms with Crippen molar-refractivity contribution in [3.8, 4) is 12.1 Å². The molecule has 0 atom stereocenters. The number of nitrogens with zero attached hydrogens (tertiary/aromatic N) is 2. The normalized spacial score (nSPS) is 15.4. The Morgan fingerprint density at radius 3 is 2.59 bits per heavy atom. The molecule has 1 heterocycles. The summed E-state index contributed by atoms with van der Waals surface area (Å²) in [6.07, 6.45) is 5.10. The summed E-state index contributed by atoms with van der Waals surface area (Å²) in [5.74, 6) is 0.690. The van der Waals surface area contributed by atoms with Gasteiger partial charge in [0.1, 0.15) is 27.6 Å². The number of anilines is 2. The smallest absolute Gasteiger partial charge is 0.131 e. The lowest BCUT2D eigenvalue weighted by Gasteiger charge is -2.10. The zero-order valence-electron chi connectivity index (χ0n) is 9.49. The van der Waals surface area contributed by atoms with Gasteiger partial charge in [0, 0.05) is 6.54 Å². The highest BCUT2D eigenvalue weighted by atomic mass is 32.1. The van der Waals surface area contributed by atoms with Crippen LogP contribution in [0.5, 0.6) is 0 Å². The minimum atomic E-state index is 0.314. The van der Waals surface area contributed by atoms with E-state index < -0.39 is 0 Å². The minimum Gasteiger partial charge on any atom is -0.396 e. The molecule has 0 spiro atoms. The second kappa shape index (κ2) is 5.07. The Labute approximate surface area is 105 Å². The van der Waals surface area contributed by atoms with Crippen LogP contribution < -0.4 is 11.1 Å². The predicted molar refractivity (Wildman–Crippen MR) is 68.6 cm³/mol. The van der Waals surface area contributed by atoms with E-state index in [0.717, 1.165) is 11.5 Å². The molecule has 0 bridgehead atoms. The van der Waals surface area contributed by atoms with Crippen LogP contribution in [-0.2, 0) is 0 Å². The first-order valence-corrected chi connectivity index (χ1v) is 6.54. The van der Waals surface area contributed by atoms with Crippen molar-refractivity contribution in [1.82, 2.24) is 0 Å². The molecule has 1 aromatic rings. The van der Waals surface area contributed by atoms with Gasteiger partial charge in [-0.05, 0) is 18.8 Å². The van der Waals surface area contributed by atoms with E-state index in [2.05, 4.69) is 11.4 Å². The zero-order chi connectivity index (χ0) is 12.3. The Morgan fingerprint density at radius 2 is 2.00 bits per heavy atom. The van der Waals surface area contributed by atoms with Crippen molar-refractivity contribution in [1.29, 1.82) is 10.5 Å². The number of thiophene rings is 1. The van der Waals surface area contributed by atoms with Crippen LogP contribution >= 0.6 is 11.3 Å². The third-order valence-electron chi connectivity index (χ3n) is 3.18. The van der Waals surface area contributed by atoms with Crippen LogP contribution in [0.15, 0.2) is 0 Å². The minimum absolute atomic E-state index is 0.314. The largest absolute Gasteiger partial charge is 0.396 e. The Kier molecular flexibility index (Phi) is 3.51. The molecular weight excluding hydrogens is 232 g/mol. The molecule has 5 heteroatoms. The molecule has 0 aliphatic heterocycles. The van der Waals surface area contributed by atoms with E-state index in [1.54, 1.807) is 0 Å². The van der Waals surface area contributed by atoms with Crippen molar-refractivity contribution in [3.63, 3.8) is 0 Å². The van der Waals surface area contributed by atoms with Gasteiger partial charge in [-0.1, -0.05) is 12.8 Å². The van der Waals surface area contributed by atoms with Gasteiger partial charge in [0.05, 0.1) is 5.69 Å². The van der Waals surface area contributed by atoms with Crippen molar-refractivity contribution < 1.29 is 0 Å². The molecule has 4 nitrogen and oxygen atoms in total. The van der Waals surface area contributed by atoms with Crippen molar-refractivity contribution in [3.05, 3.63) is 10.4 Å². The van der Waals surface area contributed by atoms with Gasteiger partial charge in [0.25, 0.3) is 0 Å². The van der Waals surface area contributed by atoms with Crippen LogP contribution in [0, 0.1) is 28.6 Å². The lowest BCUT2D eigenvalue weighted by atomic mass is 10.1. The maximum atomic E-state index is 9.03. The molecule has 0 aromatic carbocycles. The van der Waals surface area contributed by atoms with Gasteiger partial charge >= 0.3 is 0 Å². The van der Waals surface area contributed by atoms with Gasteiger partial charge in [-0.2, -0.15) is 10.5 Å². The fourth-order valence-electron chi connectivity index (χ4n) is 2.21. The SMILES string of the molecule is N#Cc1sc(NCC2CCCC2)c(C#N)c1N. The summed E-state index contributed by atoms with van der Waals surface area (Å²) in [5, 5.41) is 21.9. The first-order valence-electron chi connectivity index (χ1n) is 5.72. The summed E-state index contributed by atoms with van der Waals surface area (Å²) in [4.78, 5) is 0.426. The van der Waals surface area contributed by atoms with Crippen molar-refractivity contribution in [2.45, 2.75) is 25.7 Å². The number of nitrogen functional groups attached to an aromatic ring is 1. The molecule has 0 amide bonds. The lowest BCUT2D eigenvalue weighted by molar-refractivity contribution is 0.580. The third kappa shape index (κ3) is 2.35. The van der Waals surface area contributed by atoms with Crippen LogP contribution in [0.2, 0.25) is 0 Å². The van der Waals surface area contributed by atoms with E-state index in [1.165, 1.54) is 37.0 Å². The summed E-state index contributed by atoms with van der Waals surface area (Å²) in [6, 6.07) is 4.09. The van der Waals surface area contributed by atoms with Gasteiger partial charge in [-0.25, -0.2) is 0 Å². The van der Waals surface area contributed by atoms with Gasteiger partial charge in [-0.15, -0.1) is 11.3 Å². The molecule has 3 N–H and O–H groups in total. The van der Waals surface area contributed by atoms with Crippen LogP contribution in [0.1, 0.15) is 36.1 Å². The molecule has 1 fully saturated rings. The highest BCUT2D eigenvalue weighted by Gasteiger charge is 2.18. The molecular formula is C12H14N4S. The van der Waals surface area contributed by atoms with E-state index in [9.17, 15) is 0 Å². The van der Waals surface area contributed by atoms with Crippen LogP contribution in [0.4, 0.5) is 10.7 Å². The molecule has 0 saturated heterocycles. The first kappa shape index (κ1) is 11.8. The van der Waals surface area contributed by atoms with Gasteiger partial charge < -0.3 is 11.1 Å². The molecule has 2 rings (SSSR count). The Balaban J connectivity index is 2.10. The molecule has 0 radical (unpaired) electrons. The monoisotopic (exact) mass is 246 g/mol. The second-order valence-electron chi connectivity index (χ2n) is 4.30. The summed E-state index contributed by atoms with van der Waals surface area (Å²) in [5.41, 5.74) is 6.47. The van der Waals surface area contributed by atoms with Gasteiger partial charge in [0.15, 0.2) is 0 Å². The fourth-order valence-corrected chi connectivity index (χ4v) is 3.09. The highest BCUT2D eigenvalue weighted by molar-refractivity contribution is 7.17. The quantitative estimate of drug-likeness (QED) is 0.858. The topological polar surface area (TPSA) is 85.6 Å². The second-order valence-corrected chi connectivity index (χ2v) is 5.32. The first-order chi connectivity index (χ1) is 8.26. The Morgan fingerprint density at radius 1 is 1.29 bits per heavy atom. The fraction of sp³-hybridized carbons (Fsp3) is 0.500. The van der Waals surface area contributed by atoms with Crippen molar-refractivity contribution >= 4 is 22.0 Å². The summed E-state index contributed by atoms with van der Waals surface area (Å²) in [6.45, 7) is 0.875. The Hall–Kier alpha value is -1.72. The molecule has 88 valence electrons. The summed E-state index contributed by atoms with van der Waals surface area (Å²) >= 11 is 1.27. The summed E-state index contributed by atoms with van der Waals surface area (Å²) in [7, 11) is 0. The molecule has 1 aliphatic carbocycles. The maximum Gasteiger partial charge on any atom is 0.131 e. The van der Waals surface area contributed by atoms with E-state index in [0.29, 0.717) is 22.0 Å².